The molecule has 168 valence electrons. The molecular formula is C25H33F2N3O. The number of halogens is 2. The fourth-order valence-corrected chi connectivity index (χ4v) is 4.67. The van der Waals surface area contributed by atoms with Crippen molar-refractivity contribution in [2.45, 2.75) is 45.2 Å². The predicted molar refractivity (Wildman–Crippen MR) is 119 cm³/mol. The smallest absolute Gasteiger partial charge is 0.225 e. The maximum absolute atomic E-state index is 13.6. The minimum atomic E-state index is -0.446. The van der Waals surface area contributed by atoms with E-state index in [4.69, 9.17) is 5.73 Å². The molecule has 2 aromatic rings. The summed E-state index contributed by atoms with van der Waals surface area (Å²) in [5, 5.41) is 0. The van der Waals surface area contributed by atoms with Gasteiger partial charge >= 0.3 is 0 Å². The van der Waals surface area contributed by atoms with Gasteiger partial charge in [-0.1, -0.05) is 38.1 Å². The number of nitrogens with zero attached hydrogens (tertiary/aromatic N) is 2. The molecule has 2 aromatic carbocycles. The van der Waals surface area contributed by atoms with Gasteiger partial charge in [-0.05, 0) is 61.3 Å². The molecule has 0 radical (unpaired) electrons. The summed E-state index contributed by atoms with van der Waals surface area (Å²) in [6.45, 7) is 7.37. The maximum Gasteiger partial charge on any atom is 0.225 e. The van der Waals surface area contributed by atoms with Crippen molar-refractivity contribution in [3.63, 3.8) is 0 Å². The van der Waals surface area contributed by atoms with Crippen molar-refractivity contribution >= 4 is 5.91 Å². The zero-order chi connectivity index (χ0) is 22.4. The number of amides is 1. The van der Waals surface area contributed by atoms with Crippen LogP contribution in [0.25, 0.3) is 0 Å². The Bertz CT molecular complexity index is 791. The van der Waals surface area contributed by atoms with Gasteiger partial charge in [0.25, 0.3) is 0 Å². The van der Waals surface area contributed by atoms with E-state index in [1.165, 1.54) is 24.3 Å². The summed E-state index contributed by atoms with van der Waals surface area (Å²) in [5.74, 6) is -0.719. The van der Waals surface area contributed by atoms with Gasteiger partial charge in [-0.15, -0.1) is 0 Å². The molecule has 0 bridgehead atoms. The second kappa shape index (κ2) is 10.8. The largest absolute Gasteiger partial charge is 0.327 e. The average Bonchev–Trinajstić information content (AvgIpc) is 2.78. The second-order valence-corrected chi connectivity index (χ2v) is 8.24. The van der Waals surface area contributed by atoms with E-state index < -0.39 is 6.17 Å². The number of likely N-dealkylation sites (tertiary alicyclic amines) is 1. The molecule has 1 saturated heterocycles. The highest BCUT2D eigenvalue weighted by Gasteiger charge is 2.37. The molecule has 1 fully saturated rings. The molecule has 1 amide bonds. The standard InChI is InChI=1S/C25H33F2N3O/c1-3-29(4-2)17-15-23(31)30-16-5-6-22(25(30)28)24(18-7-11-20(26)12-8-18)19-9-13-21(27)14-10-19/h7-14,22,24-25H,3-6,15-17,28H2,1-2H3. The van der Waals surface area contributed by atoms with Gasteiger partial charge in [0, 0.05) is 31.3 Å². The Morgan fingerprint density at radius 1 is 1.03 bits per heavy atom. The monoisotopic (exact) mass is 429 g/mol. The Labute approximate surface area is 184 Å². The lowest BCUT2D eigenvalue weighted by molar-refractivity contribution is -0.136. The Hall–Kier alpha value is -2.31. The molecular weight excluding hydrogens is 396 g/mol. The van der Waals surface area contributed by atoms with Gasteiger partial charge in [0.1, 0.15) is 11.6 Å². The first-order chi connectivity index (χ1) is 14.9. The van der Waals surface area contributed by atoms with Gasteiger partial charge in [-0.3, -0.25) is 4.79 Å². The molecule has 6 heteroatoms. The van der Waals surface area contributed by atoms with Crippen LogP contribution in [0.3, 0.4) is 0 Å². The fraction of sp³-hybridized carbons (Fsp3) is 0.480. The van der Waals surface area contributed by atoms with E-state index in [1.807, 2.05) is 0 Å². The molecule has 2 unspecified atom stereocenters. The first-order valence-corrected chi connectivity index (χ1v) is 11.2. The van der Waals surface area contributed by atoms with Gasteiger partial charge in [0.05, 0.1) is 6.17 Å². The molecule has 0 aliphatic carbocycles. The summed E-state index contributed by atoms with van der Waals surface area (Å²) >= 11 is 0. The van der Waals surface area contributed by atoms with E-state index in [0.29, 0.717) is 13.0 Å². The number of piperidine rings is 1. The minimum absolute atomic E-state index is 0.0397. The third-order valence-corrected chi connectivity index (χ3v) is 6.48. The third-order valence-electron chi connectivity index (χ3n) is 6.48. The Kier molecular flexibility index (Phi) is 8.15. The maximum atomic E-state index is 13.6. The van der Waals surface area contributed by atoms with Crippen molar-refractivity contribution in [3.05, 3.63) is 71.3 Å². The molecule has 1 aliphatic heterocycles. The van der Waals surface area contributed by atoms with Crippen LogP contribution >= 0.6 is 0 Å². The van der Waals surface area contributed by atoms with Crippen LogP contribution in [0.1, 0.15) is 50.2 Å². The molecule has 3 rings (SSSR count). The number of rotatable bonds is 8. The van der Waals surface area contributed by atoms with Gasteiger partial charge in [0.2, 0.25) is 5.91 Å². The summed E-state index contributed by atoms with van der Waals surface area (Å²) in [4.78, 5) is 17.0. The summed E-state index contributed by atoms with van der Waals surface area (Å²) in [7, 11) is 0. The van der Waals surface area contributed by atoms with Gasteiger partial charge in [0.15, 0.2) is 0 Å². The number of hydrogen-bond donors (Lipinski definition) is 1. The van der Waals surface area contributed by atoms with Crippen molar-refractivity contribution < 1.29 is 13.6 Å². The predicted octanol–water partition coefficient (Wildman–Crippen LogP) is 4.35. The summed E-state index contributed by atoms with van der Waals surface area (Å²) < 4.78 is 27.1. The van der Waals surface area contributed by atoms with Crippen LogP contribution in [0.15, 0.2) is 48.5 Å². The summed E-state index contributed by atoms with van der Waals surface area (Å²) in [5.41, 5.74) is 8.52. The SMILES string of the molecule is CCN(CC)CCC(=O)N1CCCC(C(c2ccc(F)cc2)c2ccc(F)cc2)C1N. The quantitative estimate of drug-likeness (QED) is 0.679. The molecule has 1 heterocycles. The highest BCUT2D eigenvalue weighted by molar-refractivity contribution is 5.76. The highest BCUT2D eigenvalue weighted by Crippen LogP contribution is 2.39. The van der Waals surface area contributed by atoms with Crippen LogP contribution in [0.5, 0.6) is 0 Å². The average molecular weight is 430 g/mol. The van der Waals surface area contributed by atoms with E-state index in [-0.39, 0.29) is 29.4 Å². The Balaban J connectivity index is 1.85. The Morgan fingerprint density at radius 3 is 2.03 bits per heavy atom. The normalized spacial score (nSPS) is 19.3. The van der Waals surface area contributed by atoms with Crippen molar-refractivity contribution in [1.29, 1.82) is 0 Å². The summed E-state index contributed by atoms with van der Waals surface area (Å²) in [6, 6.07) is 12.8. The lowest BCUT2D eigenvalue weighted by Gasteiger charge is -2.43. The van der Waals surface area contributed by atoms with E-state index in [2.05, 4.69) is 18.7 Å². The Morgan fingerprint density at radius 2 is 1.55 bits per heavy atom. The van der Waals surface area contributed by atoms with Crippen LogP contribution in [0, 0.1) is 17.6 Å². The highest BCUT2D eigenvalue weighted by atomic mass is 19.1. The van der Waals surface area contributed by atoms with Crippen LogP contribution in [0.2, 0.25) is 0 Å². The molecule has 2 atom stereocenters. The van der Waals surface area contributed by atoms with Crippen molar-refractivity contribution in [3.8, 4) is 0 Å². The molecule has 0 spiro atoms. The van der Waals surface area contributed by atoms with E-state index in [9.17, 15) is 13.6 Å². The minimum Gasteiger partial charge on any atom is -0.327 e. The van der Waals surface area contributed by atoms with E-state index in [1.54, 1.807) is 29.2 Å². The number of benzene rings is 2. The third kappa shape index (κ3) is 5.69. The number of hydrogen-bond acceptors (Lipinski definition) is 3. The second-order valence-electron chi connectivity index (χ2n) is 8.24. The molecule has 1 aliphatic rings. The first-order valence-electron chi connectivity index (χ1n) is 11.2. The molecule has 0 saturated carbocycles. The number of carbonyl (C=O) groups is 1. The molecule has 4 nitrogen and oxygen atoms in total. The van der Waals surface area contributed by atoms with Gasteiger partial charge < -0.3 is 15.5 Å². The van der Waals surface area contributed by atoms with Gasteiger partial charge in [-0.2, -0.15) is 0 Å². The zero-order valence-electron chi connectivity index (χ0n) is 18.4. The van der Waals surface area contributed by atoms with Crippen LogP contribution in [-0.2, 0) is 4.79 Å². The van der Waals surface area contributed by atoms with Crippen molar-refractivity contribution in [2.24, 2.45) is 11.7 Å². The number of carbonyl (C=O) groups excluding carboxylic acids is 1. The van der Waals surface area contributed by atoms with E-state index >= 15 is 0 Å². The molecule has 2 N–H and O–H groups in total. The fourth-order valence-electron chi connectivity index (χ4n) is 4.67. The van der Waals surface area contributed by atoms with Crippen molar-refractivity contribution in [1.82, 2.24) is 9.80 Å². The number of nitrogens with two attached hydrogens (primary N) is 1. The van der Waals surface area contributed by atoms with Crippen LogP contribution < -0.4 is 5.73 Å². The zero-order valence-corrected chi connectivity index (χ0v) is 18.4. The first kappa shape index (κ1) is 23.4. The van der Waals surface area contributed by atoms with Crippen LogP contribution in [-0.4, -0.2) is 48.1 Å². The summed E-state index contributed by atoms with van der Waals surface area (Å²) in [6.07, 6.45) is 1.70. The van der Waals surface area contributed by atoms with Gasteiger partial charge in [-0.25, -0.2) is 8.78 Å². The lowest BCUT2D eigenvalue weighted by atomic mass is 9.75. The van der Waals surface area contributed by atoms with E-state index in [0.717, 1.165) is 43.6 Å². The van der Waals surface area contributed by atoms with Crippen molar-refractivity contribution in [2.75, 3.05) is 26.2 Å². The molecule has 0 aromatic heterocycles. The lowest BCUT2D eigenvalue weighted by Crippen LogP contribution is -2.55. The van der Waals surface area contributed by atoms with Crippen LogP contribution in [0.4, 0.5) is 8.78 Å². The topological polar surface area (TPSA) is 49.6 Å². The molecule has 31 heavy (non-hydrogen) atoms.